The molecule has 0 spiro atoms. The lowest BCUT2D eigenvalue weighted by atomic mass is 10.1. The maximum absolute atomic E-state index is 13.2. The molecule has 2 aromatic carbocycles. The number of benzene rings is 2. The Morgan fingerprint density at radius 3 is 2.46 bits per heavy atom. The number of rotatable bonds is 6. The molecule has 1 heterocycles. The number of hydrogen-bond donors (Lipinski definition) is 1. The van der Waals surface area contributed by atoms with Crippen LogP contribution in [0.4, 0.5) is 0 Å². The molecule has 7 heteroatoms. The van der Waals surface area contributed by atoms with Crippen LogP contribution in [0.3, 0.4) is 0 Å². The Kier molecular flexibility index (Phi) is 6.40. The first-order valence-corrected chi connectivity index (χ1v) is 10.8. The van der Waals surface area contributed by atoms with Gasteiger partial charge in [0.1, 0.15) is 0 Å². The molecule has 1 saturated heterocycles. The van der Waals surface area contributed by atoms with E-state index in [0.717, 1.165) is 5.56 Å². The smallest absolute Gasteiger partial charge is 0.226 e. The lowest BCUT2D eigenvalue weighted by Crippen LogP contribution is -2.40. The first-order valence-electron chi connectivity index (χ1n) is 8.88. The maximum Gasteiger partial charge on any atom is 0.226 e. The number of nitrogens with zero attached hydrogens (tertiary/aromatic N) is 1. The summed E-state index contributed by atoms with van der Waals surface area (Å²) in [6.45, 7) is 1.27. The Labute approximate surface area is 170 Å². The second kappa shape index (κ2) is 8.78. The molecule has 2 atom stereocenters. The molecule has 0 aromatic heterocycles. The van der Waals surface area contributed by atoms with E-state index in [4.69, 9.17) is 18.0 Å². The number of sulfone groups is 1. The molecule has 0 radical (unpaired) electrons. The van der Waals surface area contributed by atoms with Crippen molar-refractivity contribution in [3.8, 4) is 12.3 Å². The summed E-state index contributed by atoms with van der Waals surface area (Å²) in [5, 5.41) is 2.24. The third-order valence-electron chi connectivity index (χ3n) is 4.83. The fourth-order valence-corrected chi connectivity index (χ4v) is 5.50. The van der Waals surface area contributed by atoms with Gasteiger partial charge in [-0.25, -0.2) is 8.42 Å². The molecule has 0 bridgehead atoms. The number of terminal acetylenes is 1. The number of likely N-dealkylation sites (tertiary alicyclic amines) is 1. The van der Waals surface area contributed by atoms with Crippen LogP contribution in [0, 0.1) is 18.3 Å². The van der Waals surface area contributed by atoms with Gasteiger partial charge in [-0.15, -0.1) is 6.42 Å². The average molecular weight is 417 g/mol. The lowest BCUT2D eigenvalue weighted by Gasteiger charge is -2.18. The van der Waals surface area contributed by atoms with Gasteiger partial charge >= 0.3 is 0 Å². The summed E-state index contributed by atoms with van der Waals surface area (Å²) in [6, 6.07) is 15.8. The quantitative estimate of drug-likeness (QED) is 0.734. The third kappa shape index (κ3) is 4.56. The molecule has 2 aromatic rings. The van der Waals surface area contributed by atoms with Crippen LogP contribution in [0.25, 0.3) is 0 Å². The molecule has 5 nitrogen and oxygen atoms in total. The minimum absolute atomic E-state index is 0.0712. The molecule has 3 rings (SSSR count). The van der Waals surface area contributed by atoms with E-state index in [0.29, 0.717) is 18.1 Å². The minimum atomic E-state index is -3.71. The van der Waals surface area contributed by atoms with Gasteiger partial charge in [0.25, 0.3) is 0 Å². The predicted molar refractivity (Wildman–Crippen MR) is 109 cm³/mol. The molecular weight excluding hydrogens is 396 g/mol. The van der Waals surface area contributed by atoms with Gasteiger partial charge in [0.2, 0.25) is 5.91 Å². The number of amides is 1. The largest absolute Gasteiger partial charge is 0.345 e. The second-order valence-corrected chi connectivity index (χ2v) is 9.35. The van der Waals surface area contributed by atoms with E-state index in [1.54, 1.807) is 12.1 Å². The van der Waals surface area contributed by atoms with E-state index < -0.39 is 21.0 Å². The molecular formula is C21H21ClN2O3S. The molecule has 0 unspecified atom stereocenters. The highest BCUT2D eigenvalue weighted by atomic mass is 35.5. The minimum Gasteiger partial charge on any atom is -0.345 e. The van der Waals surface area contributed by atoms with Crippen molar-refractivity contribution in [1.82, 2.24) is 10.2 Å². The molecule has 1 amide bonds. The van der Waals surface area contributed by atoms with Crippen LogP contribution < -0.4 is 5.32 Å². The summed E-state index contributed by atoms with van der Waals surface area (Å²) < 4.78 is 26.5. The van der Waals surface area contributed by atoms with Crippen LogP contribution >= 0.6 is 11.6 Å². The molecule has 1 fully saturated rings. The van der Waals surface area contributed by atoms with Gasteiger partial charge in [-0.1, -0.05) is 47.9 Å². The van der Waals surface area contributed by atoms with Crippen molar-refractivity contribution in [1.29, 1.82) is 0 Å². The Morgan fingerprint density at radius 1 is 1.14 bits per heavy atom. The summed E-state index contributed by atoms with van der Waals surface area (Å²) in [5.74, 6) is 1.32. The normalized spacial score (nSPS) is 19.9. The number of nitrogens with one attached hydrogen (secondary N) is 1. The van der Waals surface area contributed by atoms with Crippen molar-refractivity contribution < 1.29 is 13.2 Å². The van der Waals surface area contributed by atoms with E-state index in [1.165, 1.54) is 12.1 Å². The highest BCUT2D eigenvalue weighted by Gasteiger charge is 2.45. The van der Waals surface area contributed by atoms with E-state index in [9.17, 15) is 13.2 Å². The van der Waals surface area contributed by atoms with Crippen molar-refractivity contribution >= 4 is 27.3 Å². The number of carbonyl (C=O) groups is 1. The van der Waals surface area contributed by atoms with E-state index in [-0.39, 0.29) is 23.9 Å². The molecule has 146 valence electrons. The van der Waals surface area contributed by atoms with Crippen LogP contribution in [0.5, 0.6) is 0 Å². The van der Waals surface area contributed by atoms with Crippen molar-refractivity contribution in [2.24, 2.45) is 5.92 Å². The molecule has 1 aliphatic heterocycles. The Hall–Kier alpha value is -2.33. The van der Waals surface area contributed by atoms with Gasteiger partial charge in [-0.2, -0.15) is 0 Å². The Bertz CT molecular complexity index is 969. The Morgan fingerprint density at radius 2 is 1.82 bits per heavy atom. The van der Waals surface area contributed by atoms with Gasteiger partial charge in [-0.05, 0) is 29.8 Å². The number of carbonyl (C=O) groups excluding carboxylic acids is 1. The van der Waals surface area contributed by atoms with E-state index in [2.05, 4.69) is 11.2 Å². The van der Waals surface area contributed by atoms with Crippen molar-refractivity contribution in [2.45, 2.75) is 16.7 Å². The first kappa shape index (κ1) is 20.4. The van der Waals surface area contributed by atoms with Gasteiger partial charge in [0, 0.05) is 24.7 Å². The lowest BCUT2D eigenvalue weighted by molar-refractivity contribution is -0.124. The topological polar surface area (TPSA) is 66.5 Å². The molecule has 0 aliphatic carbocycles. The zero-order chi connectivity index (χ0) is 20.1. The van der Waals surface area contributed by atoms with Crippen LogP contribution in [-0.4, -0.2) is 44.1 Å². The Balaban J connectivity index is 1.87. The maximum atomic E-state index is 13.2. The standard InChI is InChI=1S/C21H21ClN2O3S/c1-2-12-23-21(25)19-14-24(13-16-6-4-3-5-7-16)15-20(19)28(26,27)18-10-8-17(22)9-11-18/h1,3-11,19-20H,12-15H2,(H,23,25)/t19-,20-/m1/s1. The SMILES string of the molecule is C#CCNC(=O)[C@@H]1CN(Cc2ccccc2)C[C@H]1S(=O)(=O)c1ccc(Cl)cc1. The van der Waals surface area contributed by atoms with E-state index in [1.807, 2.05) is 35.2 Å². The van der Waals surface area contributed by atoms with Gasteiger partial charge < -0.3 is 5.32 Å². The summed E-state index contributed by atoms with van der Waals surface area (Å²) in [6.07, 6.45) is 5.22. The molecule has 1 aliphatic rings. The molecule has 28 heavy (non-hydrogen) atoms. The highest BCUT2D eigenvalue weighted by Crippen LogP contribution is 2.30. The zero-order valence-corrected chi connectivity index (χ0v) is 16.8. The van der Waals surface area contributed by atoms with Gasteiger partial charge in [0.05, 0.1) is 22.6 Å². The summed E-state index contributed by atoms with van der Waals surface area (Å²) in [7, 11) is -3.71. The first-order chi connectivity index (χ1) is 13.4. The van der Waals surface area contributed by atoms with Crippen LogP contribution in [0.1, 0.15) is 5.56 Å². The fraction of sp³-hybridized carbons (Fsp3) is 0.286. The second-order valence-electron chi connectivity index (χ2n) is 6.75. The van der Waals surface area contributed by atoms with Crippen molar-refractivity contribution in [3.05, 3.63) is 65.2 Å². The zero-order valence-electron chi connectivity index (χ0n) is 15.2. The number of hydrogen-bond acceptors (Lipinski definition) is 4. The fourth-order valence-electron chi connectivity index (χ4n) is 3.46. The predicted octanol–water partition coefficient (Wildman–Crippen LogP) is 2.36. The van der Waals surface area contributed by atoms with Crippen LogP contribution in [0.15, 0.2) is 59.5 Å². The highest BCUT2D eigenvalue weighted by molar-refractivity contribution is 7.92. The molecule has 1 N–H and O–H groups in total. The van der Waals surface area contributed by atoms with Crippen LogP contribution in [0.2, 0.25) is 5.02 Å². The van der Waals surface area contributed by atoms with Crippen molar-refractivity contribution in [3.63, 3.8) is 0 Å². The van der Waals surface area contributed by atoms with Gasteiger partial charge in [-0.3, -0.25) is 9.69 Å². The monoisotopic (exact) mass is 416 g/mol. The van der Waals surface area contributed by atoms with Gasteiger partial charge in [0.15, 0.2) is 9.84 Å². The molecule has 0 saturated carbocycles. The van der Waals surface area contributed by atoms with Crippen molar-refractivity contribution in [2.75, 3.05) is 19.6 Å². The third-order valence-corrected chi connectivity index (χ3v) is 7.29. The summed E-state index contributed by atoms with van der Waals surface area (Å²) >= 11 is 5.89. The summed E-state index contributed by atoms with van der Waals surface area (Å²) in [5.41, 5.74) is 1.06. The summed E-state index contributed by atoms with van der Waals surface area (Å²) in [4.78, 5) is 14.8. The number of halogens is 1. The van der Waals surface area contributed by atoms with Crippen LogP contribution in [-0.2, 0) is 21.2 Å². The average Bonchev–Trinajstić information content (AvgIpc) is 3.12. The van der Waals surface area contributed by atoms with E-state index >= 15 is 0 Å².